The van der Waals surface area contributed by atoms with Crippen LogP contribution in [0.2, 0.25) is 0 Å². The van der Waals surface area contributed by atoms with E-state index in [2.05, 4.69) is 9.88 Å². The highest BCUT2D eigenvalue weighted by Crippen LogP contribution is 2.35. The van der Waals surface area contributed by atoms with E-state index >= 15 is 0 Å². The smallest absolute Gasteiger partial charge is 0.249 e. The second kappa shape index (κ2) is 9.14. The molecule has 0 unspecified atom stereocenters. The summed E-state index contributed by atoms with van der Waals surface area (Å²) in [6, 6.07) is 8.13. The van der Waals surface area contributed by atoms with Crippen LogP contribution in [0.3, 0.4) is 0 Å². The molecule has 0 spiro atoms. The fourth-order valence-electron chi connectivity index (χ4n) is 5.22. The molecular weight excluding hydrogens is 424 g/mol. The molecule has 2 heterocycles. The van der Waals surface area contributed by atoms with Crippen LogP contribution in [0, 0.1) is 11.6 Å². The highest BCUT2D eigenvalue weighted by molar-refractivity contribution is 5.95. The van der Waals surface area contributed by atoms with Crippen LogP contribution in [-0.4, -0.2) is 41.0 Å². The lowest BCUT2D eigenvalue weighted by molar-refractivity contribution is 0.0417. The van der Waals surface area contributed by atoms with Gasteiger partial charge in [-0.15, -0.1) is 0 Å². The van der Waals surface area contributed by atoms with Gasteiger partial charge in [0.1, 0.15) is 12.4 Å². The number of aromatic nitrogens is 1. The second-order valence-corrected chi connectivity index (χ2v) is 9.22. The summed E-state index contributed by atoms with van der Waals surface area (Å²) >= 11 is 0. The van der Waals surface area contributed by atoms with Gasteiger partial charge >= 0.3 is 0 Å². The Labute approximate surface area is 191 Å². The number of aryl methyl sites for hydroxylation is 1. The zero-order chi connectivity index (χ0) is 22.9. The highest BCUT2D eigenvalue weighted by Gasteiger charge is 2.35. The van der Waals surface area contributed by atoms with Gasteiger partial charge in [0.25, 0.3) is 0 Å². The molecule has 5 nitrogen and oxygen atoms in total. The number of nitrogens with zero attached hydrogens (tertiary/aromatic N) is 1. The van der Waals surface area contributed by atoms with Gasteiger partial charge in [0, 0.05) is 40.3 Å². The van der Waals surface area contributed by atoms with E-state index in [0.717, 1.165) is 55.1 Å². The molecule has 1 fully saturated rings. The van der Waals surface area contributed by atoms with Crippen molar-refractivity contribution >= 4 is 16.8 Å². The third-order valence-corrected chi connectivity index (χ3v) is 7.19. The molecule has 1 aromatic heterocycles. The first-order valence-corrected chi connectivity index (χ1v) is 11.8. The number of hydrogen-bond donors (Lipinski definition) is 2. The first-order chi connectivity index (χ1) is 16.0. The Morgan fingerprint density at radius 1 is 1.15 bits per heavy atom. The Kier molecular flexibility index (Phi) is 6.06. The summed E-state index contributed by atoms with van der Waals surface area (Å²) < 4.78 is 33.8. The van der Waals surface area contributed by atoms with E-state index in [0.29, 0.717) is 30.2 Å². The molecule has 0 radical (unpaired) electrons. The Morgan fingerprint density at radius 2 is 2.00 bits per heavy atom. The lowest BCUT2D eigenvalue weighted by Crippen LogP contribution is -2.51. The van der Waals surface area contributed by atoms with Gasteiger partial charge in [-0.2, -0.15) is 0 Å². The first kappa shape index (κ1) is 21.9. The number of nitrogens with one attached hydrogen (secondary N) is 1. The van der Waals surface area contributed by atoms with Crippen molar-refractivity contribution in [2.45, 2.75) is 57.0 Å². The quantitative estimate of drug-likeness (QED) is 0.485. The minimum Gasteiger partial charge on any atom is -0.489 e. The summed E-state index contributed by atoms with van der Waals surface area (Å²) in [4.78, 5) is 17.6. The Balaban J connectivity index is 1.26. The number of ether oxygens (including phenoxy) is 1. The number of rotatable bonds is 8. The normalized spacial score (nSPS) is 18.2. The number of amides is 1. The van der Waals surface area contributed by atoms with E-state index in [4.69, 9.17) is 10.5 Å². The van der Waals surface area contributed by atoms with E-state index in [-0.39, 0.29) is 17.6 Å². The molecule has 3 aromatic rings. The van der Waals surface area contributed by atoms with Gasteiger partial charge < -0.3 is 15.5 Å². The first-order valence-electron chi connectivity index (χ1n) is 11.8. The van der Waals surface area contributed by atoms with E-state index in [9.17, 15) is 13.6 Å². The molecule has 1 amide bonds. The molecule has 5 rings (SSSR count). The number of unbranched alkanes of at least 4 members (excludes halogenated alkanes) is 1. The Hall–Kier alpha value is -2.93. The van der Waals surface area contributed by atoms with Crippen LogP contribution >= 0.6 is 0 Å². The second-order valence-electron chi connectivity index (χ2n) is 9.22. The predicted molar refractivity (Wildman–Crippen MR) is 123 cm³/mol. The van der Waals surface area contributed by atoms with Crippen molar-refractivity contribution < 1.29 is 18.3 Å². The van der Waals surface area contributed by atoms with Crippen LogP contribution < -0.4 is 10.5 Å². The average Bonchev–Trinajstić information content (AvgIpc) is 3.16. The predicted octanol–water partition coefficient (Wildman–Crippen LogP) is 4.73. The third kappa shape index (κ3) is 4.34. The van der Waals surface area contributed by atoms with Crippen molar-refractivity contribution in [3.8, 4) is 5.75 Å². The molecule has 1 aliphatic carbocycles. The molecule has 0 bridgehead atoms. The van der Waals surface area contributed by atoms with E-state index < -0.39 is 11.7 Å². The zero-order valence-electron chi connectivity index (χ0n) is 18.6. The lowest BCUT2D eigenvalue weighted by Gasteiger charge is -2.44. The van der Waals surface area contributed by atoms with Crippen LogP contribution in [0.5, 0.6) is 5.75 Å². The third-order valence-electron chi connectivity index (χ3n) is 7.19. The molecule has 0 saturated heterocycles. The van der Waals surface area contributed by atoms with E-state index in [1.807, 2.05) is 6.20 Å². The summed E-state index contributed by atoms with van der Waals surface area (Å²) in [5.74, 6) is -1.05. The van der Waals surface area contributed by atoms with Crippen LogP contribution in [0.1, 0.15) is 53.6 Å². The highest BCUT2D eigenvalue weighted by atomic mass is 19.1. The standard InChI is InChI=1S/C26H29F2N3O2/c27-17-7-10-24-21(12-17)16(14-30-24)4-1-2-11-31(18-5-3-6-18)19-13-22-20(26(29)32)8-9-23(28)25(22)33-15-19/h7-10,12,14,18-19,30H,1-6,11,13,15H2,(H2,29,32)/t19-/m0/s1. The van der Waals surface area contributed by atoms with Gasteiger partial charge in [-0.25, -0.2) is 8.78 Å². The molecule has 33 heavy (non-hydrogen) atoms. The van der Waals surface area contributed by atoms with Crippen LogP contribution in [0.4, 0.5) is 8.78 Å². The van der Waals surface area contributed by atoms with Gasteiger partial charge in [-0.1, -0.05) is 6.42 Å². The maximum Gasteiger partial charge on any atom is 0.249 e. The largest absolute Gasteiger partial charge is 0.489 e. The molecule has 1 atom stereocenters. The van der Waals surface area contributed by atoms with E-state index in [1.54, 1.807) is 12.1 Å². The molecule has 3 N–H and O–H groups in total. The number of hydrogen-bond acceptors (Lipinski definition) is 3. The molecule has 7 heteroatoms. The number of aromatic amines is 1. The van der Waals surface area contributed by atoms with Crippen molar-refractivity contribution in [3.63, 3.8) is 0 Å². The molecule has 174 valence electrons. The topological polar surface area (TPSA) is 71.4 Å². The summed E-state index contributed by atoms with van der Waals surface area (Å²) in [5.41, 5.74) is 8.57. The number of halogens is 2. The fourth-order valence-corrected chi connectivity index (χ4v) is 5.22. The number of benzene rings is 2. The van der Waals surface area contributed by atoms with Crippen LogP contribution in [0.25, 0.3) is 10.9 Å². The van der Waals surface area contributed by atoms with Gasteiger partial charge in [0.15, 0.2) is 11.6 Å². The maximum absolute atomic E-state index is 14.3. The summed E-state index contributed by atoms with van der Waals surface area (Å²) in [7, 11) is 0. The van der Waals surface area contributed by atoms with Crippen molar-refractivity contribution in [1.29, 1.82) is 0 Å². The van der Waals surface area contributed by atoms with Gasteiger partial charge in [0.2, 0.25) is 5.91 Å². The number of carbonyl (C=O) groups excluding carboxylic acids is 1. The monoisotopic (exact) mass is 453 g/mol. The van der Waals surface area contributed by atoms with Crippen LogP contribution in [-0.2, 0) is 12.8 Å². The molecule has 1 saturated carbocycles. The number of fused-ring (bicyclic) bond motifs is 2. The number of nitrogens with two attached hydrogens (primary N) is 1. The fraction of sp³-hybridized carbons (Fsp3) is 0.423. The minimum atomic E-state index is -0.555. The Morgan fingerprint density at radius 3 is 2.76 bits per heavy atom. The van der Waals surface area contributed by atoms with Gasteiger partial charge in [-0.05, 0) is 81.0 Å². The van der Waals surface area contributed by atoms with Crippen molar-refractivity contribution in [2.75, 3.05) is 13.2 Å². The molecule has 1 aliphatic heterocycles. The lowest BCUT2D eigenvalue weighted by atomic mass is 9.87. The number of carbonyl (C=O) groups is 1. The summed E-state index contributed by atoms with van der Waals surface area (Å²) in [6.07, 6.45) is 8.90. The minimum absolute atomic E-state index is 0.0879. The molecule has 2 aliphatic rings. The van der Waals surface area contributed by atoms with Crippen LogP contribution in [0.15, 0.2) is 36.5 Å². The number of H-pyrrole nitrogens is 1. The van der Waals surface area contributed by atoms with Crippen molar-refractivity contribution in [1.82, 2.24) is 9.88 Å². The van der Waals surface area contributed by atoms with Gasteiger partial charge in [-0.3, -0.25) is 9.69 Å². The summed E-state index contributed by atoms with van der Waals surface area (Å²) in [6.45, 7) is 1.32. The van der Waals surface area contributed by atoms with Gasteiger partial charge in [0.05, 0.1) is 0 Å². The zero-order valence-corrected chi connectivity index (χ0v) is 18.6. The average molecular weight is 454 g/mol. The van der Waals surface area contributed by atoms with Crippen molar-refractivity contribution in [3.05, 3.63) is 64.9 Å². The van der Waals surface area contributed by atoms with Crippen molar-refractivity contribution in [2.24, 2.45) is 5.73 Å². The number of primary amides is 1. The Bertz CT molecular complexity index is 1170. The molecular formula is C26H29F2N3O2. The summed E-state index contributed by atoms with van der Waals surface area (Å²) in [5, 5.41) is 0.948. The SMILES string of the molecule is NC(=O)c1ccc(F)c2c1C[C@H](N(CCCCc1c[nH]c3ccc(F)cc13)C1CCC1)CO2. The van der Waals surface area contributed by atoms with E-state index in [1.165, 1.54) is 24.6 Å². The molecule has 2 aromatic carbocycles. The maximum atomic E-state index is 14.3.